The normalized spacial score (nSPS) is 25.7. The highest BCUT2D eigenvalue weighted by Gasteiger charge is 2.22. The molecule has 1 aromatic carbocycles. The summed E-state index contributed by atoms with van der Waals surface area (Å²) in [7, 11) is 0. The van der Waals surface area contributed by atoms with Gasteiger partial charge in [0.05, 0.1) is 0 Å². The van der Waals surface area contributed by atoms with E-state index in [2.05, 4.69) is 31.2 Å². The van der Waals surface area contributed by atoms with Gasteiger partial charge in [-0.15, -0.1) is 0 Å². The molecule has 2 rings (SSSR count). The summed E-state index contributed by atoms with van der Waals surface area (Å²) in [6, 6.07) is 9.23. The first-order chi connectivity index (χ1) is 7.31. The number of benzene rings is 1. The average molecular weight is 203 g/mol. The van der Waals surface area contributed by atoms with Crippen LogP contribution in [-0.2, 0) is 12.8 Å². The summed E-state index contributed by atoms with van der Waals surface area (Å²) in [6.07, 6.45) is 6.03. The fourth-order valence-electron chi connectivity index (χ4n) is 2.68. The lowest BCUT2D eigenvalue weighted by atomic mass is 9.89. The van der Waals surface area contributed by atoms with E-state index in [0.29, 0.717) is 12.0 Å². The summed E-state index contributed by atoms with van der Waals surface area (Å²) in [6.45, 7) is 2.25. The summed E-state index contributed by atoms with van der Waals surface area (Å²) in [5, 5.41) is 0. The number of nitrogens with two attached hydrogens (primary N) is 1. The smallest absolute Gasteiger partial charge is 0.00735 e. The molecule has 0 saturated heterocycles. The van der Waals surface area contributed by atoms with Crippen molar-refractivity contribution < 1.29 is 0 Å². The Balaban J connectivity index is 2.19. The van der Waals surface area contributed by atoms with Gasteiger partial charge in [0.25, 0.3) is 0 Å². The van der Waals surface area contributed by atoms with Crippen LogP contribution in [0.5, 0.6) is 0 Å². The average Bonchev–Trinajstić information content (AvgIpc) is 2.41. The molecule has 1 heteroatoms. The van der Waals surface area contributed by atoms with Gasteiger partial charge in [0.15, 0.2) is 0 Å². The molecular weight excluding hydrogens is 182 g/mol. The van der Waals surface area contributed by atoms with Crippen molar-refractivity contribution in [2.45, 2.75) is 45.1 Å². The van der Waals surface area contributed by atoms with E-state index >= 15 is 0 Å². The lowest BCUT2D eigenvalue weighted by molar-refractivity contribution is 0.381. The van der Waals surface area contributed by atoms with E-state index in [4.69, 9.17) is 5.73 Å². The minimum atomic E-state index is 0.400. The molecule has 0 amide bonds. The first kappa shape index (κ1) is 10.7. The molecule has 1 nitrogen and oxygen atoms in total. The van der Waals surface area contributed by atoms with E-state index < -0.39 is 0 Å². The Hall–Kier alpha value is -0.820. The minimum absolute atomic E-state index is 0.400. The first-order valence-electron chi connectivity index (χ1n) is 6.13. The van der Waals surface area contributed by atoms with Crippen LogP contribution >= 0.6 is 0 Å². The molecule has 2 atom stereocenters. The van der Waals surface area contributed by atoms with Crippen LogP contribution in [0.15, 0.2) is 24.3 Å². The Labute approximate surface area is 92.7 Å². The van der Waals surface area contributed by atoms with Gasteiger partial charge in [0.2, 0.25) is 0 Å². The summed E-state index contributed by atoms with van der Waals surface area (Å²) in [5.41, 5.74) is 9.30. The predicted octanol–water partition coefficient (Wildman–Crippen LogP) is 2.92. The molecule has 0 saturated carbocycles. The Morgan fingerprint density at radius 3 is 2.73 bits per heavy atom. The highest BCUT2D eigenvalue weighted by Crippen LogP contribution is 2.26. The quantitative estimate of drug-likeness (QED) is 0.735. The second-order valence-corrected chi connectivity index (χ2v) is 4.72. The van der Waals surface area contributed by atoms with Gasteiger partial charge in [-0.2, -0.15) is 0 Å². The number of hydrogen-bond acceptors (Lipinski definition) is 1. The summed E-state index contributed by atoms with van der Waals surface area (Å²) in [4.78, 5) is 0. The Kier molecular flexibility index (Phi) is 3.42. The predicted molar refractivity (Wildman–Crippen MR) is 64.8 cm³/mol. The molecular formula is C14H21N. The van der Waals surface area contributed by atoms with E-state index in [1.807, 2.05) is 0 Å². The lowest BCUT2D eigenvalue weighted by Gasteiger charge is -2.20. The van der Waals surface area contributed by atoms with Crippen LogP contribution < -0.4 is 5.73 Å². The molecule has 0 radical (unpaired) electrons. The molecule has 0 heterocycles. The second-order valence-electron chi connectivity index (χ2n) is 4.72. The van der Waals surface area contributed by atoms with Crippen LogP contribution in [-0.4, -0.2) is 6.04 Å². The fourth-order valence-corrected chi connectivity index (χ4v) is 2.68. The molecule has 82 valence electrons. The monoisotopic (exact) mass is 203 g/mol. The molecule has 0 fully saturated rings. The number of hydrogen-bond donors (Lipinski definition) is 1. The first-order valence-corrected chi connectivity index (χ1v) is 6.13. The maximum atomic E-state index is 6.24. The van der Waals surface area contributed by atoms with Crippen LogP contribution in [0.2, 0.25) is 0 Å². The van der Waals surface area contributed by atoms with E-state index in [1.54, 1.807) is 0 Å². The number of fused-ring (bicyclic) bond motifs is 1. The molecule has 1 unspecified atom stereocenters. The molecule has 0 aliphatic heterocycles. The molecule has 2 N–H and O–H groups in total. The molecule has 0 bridgehead atoms. The second kappa shape index (κ2) is 4.80. The van der Waals surface area contributed by atoms with Crippen molar-refractivity contribution in [2.75, 3.05) is 0 Å². The highest BCUT2D eigenvalue weighted by atomic mass is 14.6. The van der Waals surface area contributed by atoms with Crippen LogP contribution in [0, 0.1) is 5.92 Å². The van der Waals surface area contributed by atoms with Gasteiger partial charge in [0, 0.05) is 6.04 Å². The zero-order valence-corrected chi connectivity index (χ0v) is 9.58. The van der Waals surface area contributed by atoms with Crippen LogP contribution in [0.1, 0.15) is 37.3 Å². The van der Waals surface area contributed by atoms with Crippen LogP contribution in [0.3, 0.4) is 0 Å². The van der Waals surface area contributed by atoms with Crippen molar-refractivity contribution in [2.24, 2.45) is 11.7 Å². The van der Waals surface area contributed by atoms with Gasteiger partial charge in [-0.25, -0.2) is 0 Å². The molecule has 0 spiro atoms. The van der Waals surface area contributed by atoms with E-state index in [0.717, 1.165) is 12.8 Å². The molecule has 1 aromatic rings. The SMILES string of the molecule is CCCC1Cc2ccccc2CC[C@@H]1N. The van der Waals surface area contributed by atoms with Gasteiger partial charge in [-0.05, 0) is 42.7 Å². The maximum absolute atomic E-state index is 6.24. The summed E-state index contributed by atoms with van der Waals surface area (Å²) >= 11 is 0. The van der Waals surface area contributed by atoms with E-state index in [-0.39, 0.29) is 0 Å². The fraction of sp³-hybridized carbons (Fsp3) is 0.571. The van der Waals surface area contributed by atoms with E-state index in [9.17, 15) is 0 Å². The summed E-state index contributed by atoms with van der Waals surface area (Å²) < 4.78 is 0. The number of aryl methyl sites for hydroxylation is 1. The van der Waals surface area contributed by atoms with Gasteiger partial charge in [-0.3, -0.25) is 0 Å². The molecule has 1 aliphatic carbocycles. The third-order valence-corrected chi connectivity index (χ3v) is 3.61. The molecule has 15 heavy (non-hydrogen) atoms. The standard InChI is InChI=1S/C14H21N/c1-2-5-13-10-12-7-4-3-6-11(12)8-9-14(13)15/h3-4,6-7,13-14H,2,5,8-10,15H2,1H3/t13?,14-/m0/s1. The van der Waals surface area contributed by atoms with E-state index in [1.165, 1.54) is 30.4 Å². The van der Waals surface area contributed by atoms with Gasteiger partial charge in [-0.1, -0.05) is 37.6 Å². The van der Waals surface area contributed by atoms with Crippen LogP contribution in [0.4, 0.5) is 0 Å². The zero-order chi connectivity index (χ0) is 10.7. The highest BCUT2D eigenvalue weighted by molar-refractivity contribution is 5.29. The topological polar surface area (TPSA) is 26.0 Å². The Morgan fingerprint density at radius 1 is 1.27 bits per heavy atom. The molecule has 1 aliphatic rings. The van der Waals surface area contributed by atoms with Crippen molar-refractivity contribution in [1.29, 1.82) is 0 Å². The minimum Gasteiger partial charge on any atom is -0.327 e. The van der Waals surface area contributed by atoms with Crippen LogP contribution in [0.25, 0.3) is 0 Å². The zero-order valence-electron chi connectivity index (χ0n) is 9.58. The van der Waals surface area contributed by atoms with Gasteiger partial charge < -0.3 is 5.73 Å². The van der Waals surface area contributed by atoms with Gasteiger partial charge in [0.1, 0.15) is 0 Å². The van der Waals surface area contributed by atoms with Crippen molar-refractivity contribution in [3.05, 3.63) is 35.4 Å². The van der Waals surface area contributed by atoms with Crippen molar-refractivity contribution in [3.63, 3.8) is 0 Å². The van der Waals surface area contributed by atoms with Crippen molar-refractivity contribution >= 4 is 0 Å². The van der Waals surface area contributed by atoms with Crippen molar-refractivity contribution in [3.8, 4) is 0 Å². The number of rotatable bonds is 2. The lowest BCUT2D eigenvalue weighted by Crippen LogP contribution is -2.30. The largest absolute Gasteiger partial charge is 0.327 e. The third-order valence-electron chi connectivity index (χ3n) is 3.61. The third kappa shape index (κ3) is 2.40. The Bertz CT molecular complexity index is 319. The Morgan fingerprint density at radius 2 is 2.00 bits per heavy atom. The van der Waals surface area contributed by atoms with Gasteiger partial charge >= 0.3 is 0 Å². The summed E-state index contributed by atoms with van der Waals surface area (Å²) in [5.74, 6) is 0.693. The van der Waals surface area contributed by atoms with Crippen molar-refractivity contribution in [1.82, 2.24) is 0 Å². The molecule has 0 aromatic heterocycles. The maximum Gasteiger partial charge on any atom is 0.00735 e.